The number of hydrogen-bond donors (Lipinski definition) is 1. The van der Waals surface area contributed by atoms with Crippen LogP contribution in [0.5, 0.6) is 0 Å². The average Bonchev–Trinajstić information content (AvgIpc) is 2.39. The Labute approximate surface area is 126 Å². The third-order valence-corrected chi connectivity index (χ3v) is 3.41. The van der Waals surface area contributed by atoms with Gasteiger partial charge in [0.1, 0.15) is 5.82 Å². The number of nitrogens with zero attached hydrogens (tertiary/aromatic N) is 1. The van der Waals surface area contributed by atoms with E-state index in [2.05, 4.69) is 21.2 Å². The van der Waals surface area contributed by atoms with Gasteiger partial charge in [-0.1, -0.05) is 15.9 Å². The van der Waals surface area contributed by atoms with Crippen molar-refractivity contribution in [1.29, 1.82) is 0 Å². The van der Waals surface area contributed by atoms with Crippen LogP contribution in [-0.2, 0) is 4.79 Å². The highest BCUT2D eigenvalue weighted by molar-refractivity contribution is 9.10. The molecule has 0 aliphatic heterocycles. The third kappa shape index (κ3) is 4.59. The average molecular weight is 345 g/mol. The number of halogens is 2. The van der Waals surface area contributed by atoms with Gasteiger partial charge in [0, 0.05) is 30.5 Å². The number of amides is 2. The molecule has 0 aliphatic rings. The van der Waals surface area contributed by atoms with Gasteiger partial charge in [-0.25, -0.2) is 4.39 Å². The highest BCUT2D eigenvalue weighted by Gasteiger charge is 2.13. The van der Waals surface area contributed by atoms with Crippen LogP contribution in [0.2, 0.25) is 0 Å². The molecule has 1 rings (SSSR count). The van der Waals surface area contributed by atoms with E-state index in [1.54, 1.807) is 11.0 Å². The van der Waals surface area contributed by atoms with Gasteiger partial charge >= 0.3 is 0 Å². The van der Waals surface area contributed by atoms with Gasteiger partial charge in [-0.05, 0) is 32.0 Å². The lowest BCUT2D eigenvalue weighted by Crippen LogP contribution is -2.34. The number of carbonyl (C=O) groups is 2. The predicted octanol–water partition coefficient (Wildman–Crippen LogP) is 2.58. The Morgan fingerprint density at radius 3 is 2.50 bits per heavy atom. The van der Waals surface area contributed by atoms with E-state index in [0.29, 0.717) is 17.6 Å². The second kappa shape index (κ2) is 7.99. The van der Waals surface area contributed by atoms with Crippen molar-refractivity contribution in [2.24, 2.45) is 0 Å². The fraction of sp³-hybridized carbons (Fsp3) is 0.429. The molecule has 0 radical (unpaired) electrons. The molecular formula is C14H18BrFN2O2. The summed E-state index contributed by atoms with van der Waals surface area (Å²) >= 11 is 3.13. The van der Waals surface area contributed by atoms with Crippen LogP contribution in [0.3, 0.4) is 0 Å². The van der Waals surface area contributed by atoms with Gasteiger partial charge in [0.2, 0.25) is 5.91 Å². The molecule has 6 heteroatoms. The third-order valence-electron chi connectivity index (χ3n) is 2.92. The van der Waals surface area contributed by atoms with Crippen LogP contribution in [0.25, 0.3) is 0 Å². The molecule has 0 aliphatic carbocycles. The molecule has 1 aromatic carbocycles. The van der Waals surface area contributed by atoms with E-state index < -0.39 is 11.7 Å². The minimum Gasteiger partial charge on any atom is -0.351 e. The molecule has 0 heterocycles. The van der Waals surface area contributed by atoms with Gasteiger partial charge in [0.05, 0.1) is 5.56 Å². The first-order valence-corrected chi connectivity index (χ1v) is 7.29. The molecule has 0 atom stereocenters. The summed E-state index contributed by atoms with van der Waals surface area (Å²) in [4.78, 5) is 25.2. The zero-order valence-electron chi connectivity index (χ0n) is 11.6. The number of benzene rings is 1. The molecule has 0 saturated carbocycles. The number of nitrogens with one attached hydrogen (secondary N) is 1. The van der Waals surface area contributed by atoms with Crippen molar-refractivity contribution in [3.8, 4) is 0 Å². The Kier molecular flexibility index (Phi) is 6.64. The molecule has 4 nitrogen and oxygen atoms in total. The highest BCUT2D eigenvalue weighted by Crippen LogP contribution is 2.15. The molecule has 1 N–H and O–H groups in total. The predicted molar refractivity (Wildman–Crippen MR) is 79.0 cm³/mol. The standard InChI is InChI=1S/C14H18BrFN2O2/c1-3-18(4-2)13(19)7-8-17-14(20)11-6-5-10(15)9-12(11)16/h5-6,9H,3-4,7-8H2,1-2H3,(H,17,20). The van der Waals surface area contributed by atoms with Crippen molar-refractivity contribution in [3.63, 3.8) is 0 Å². The van der Waals surface area contributed by atoms with E-state index in [9.17, 15) is 14.0 Å². The Morgan fingerprint density at radius 1 is 1.30 bits per heavy atom. The second-order valence-corrected chi connectivity index (χ2v) is 5.11. The monoisotopic (exact) mass is 344 g/mol. The van der Waals surface area contributed by atoms with Crippen molar-refractivity contribution in [2.75, 3.05) is 19.6 Å². The summed E-state index contributed by atoms with van der Waals surface area (Å²) in [5, 5.41) is 2.55. The fourth-order valence-electron chi connectivity index (χ4n) is 1.79. The Balaban J connectivity index is 2.50. The largest absolute Gasteiger partial charge is 0.351 e. The zero-order valence-corrected chi connectivity index (χ0v) is 13.2. The molecule has 20 heavy (non-hydrogen) atoms. The maximum atomic E-state index is 13.6. The van der Waals surface area contributed by atoms with E-state index >= 15 is 0 Å². The molecule has 0 bridgehead atoms. The summed E-state index contributed by atoms with van der Waals surface area (Å²) < 4.78 is 14.1. The van der Waals surface area contributed by atoms with Gasteiger partial charge in [-0.15, -0.1) is 0 Å². The minimum absolute atomic E-state index is 0.0217. The maximum Gasteiger partial charge on any atom is 0.254 e. The first-order chi connectivity index (χ1) is 9.49. The highest BCUT2D eigenvalue weighted by atomic mass is 79.9. The molecular weight excluding hydrogens is 327 g/mol. The summed E-state index contributed by atoms with van der Waals surface area (Å²) in [5.41, 5.74) is -0.0245. The summed E-state index contributed by atoms with van der Waals surface area (Å²) in [6, 6.07) is 4.23. The van der Waals surface area contributed by atoms with Crippen LogP contribution in [0.15, 0.2) is 22.7 Å². The SMILES string of the molecule is CCN(CC)C(=O)CCNC(=O)c1ccc(Br)cc1F. The normalized spacial score (nSPS) is 10.2. The first kappa shape index (κ1) is 16.6. The molecule has 2 amide bonds. The van der Waals surface area contributed by atoms with E-state index in [1.165, 1.54) is 12.1 Å². The van der Waals surface area contributed by atoms with Crippen LogP contribution >= 0.6 is 15.9 Å². The number of rotatable bonds is 6. The maximum absolute atomic E-state index is 13.6. The summed E-state index contributed by atoms with van der Waals surface area (Å²) in [6.45, 7) is 5.29. The van der Waals surface area contributed by atoms with Crippen molar-refractivity contribution < 1.29 is 14.0 Å². The van der Waals surface area contributed by atoms with Crippen molar-refractivity contribution in [3.05, 3.63) is 34.1 Å². The summed E-state index contributed by atoms with van der Waals surface area (Å²) in [5.74, 6) is -1.12. The lowest BCUT2D eigenvalue weighted by Gasteiger charge is -2.18. The van der Waals surface area contributed by atoms with Crippen LogP contribution in [0, 0.1) is 5.82 Å². The van der Waals surface area contributed by atoms with Gasteiger partial charge in [-0.3, -0.25) is 9.59 Å². The fourth-order valence-corrected chi connectivity index (χ4v) is 2.12. The quantitative estimate of drug-likeness (QED) is 0.862. The first-order valence-electron chi connectivity index (χ1n) is 6.50. The lowest BCUT2D eigenvalue weighted by molar-refractivity contribution is -0.130. The number of carbonyl (C=O) groups excluding carboxylic acids is 2. The van der Waals surface area contributed by atoms with E-state index in [-0.39, 0.29) is 24.4 Å². The summed E-state index contributed by atoms with van der Waals surface area (Å²) in [7, 11) is 0. The van der Waals surface area contributed by atoms with Crippen molar-refractivity contribution in [2.45, 2.75) is 20.3 Å². The van der Waals surface area contributed by atoms with Crippen LogP contribution < -0.4 is 5.32 Å². The molecule has 0 unspecified atom stereocenters. The smallest absolute Gasteiger partial charge is 0.254 e. The molecule has 1 aromatic rings. The van der Waals surface area contributed by atoms with Crippen LogP contribution in [0.4, 0.5) is 4.39 Å². The molecule has 0 spiro atoms. The molecule has 0 aromatic heterocycles. The van der Waals surface area contributed by atoms with Crippen molar-refractivity contribution >= 4 is 27.7 Å². The Morgan fingerprint density at radius 2 is 1.95 bits per heavy atom. The van der Waals surface area contributed by atoms with Gasteiger partial charge < -0.3 is 10.2 Å². The van der Waals surface area contributed by atoms with E-state index in [4.69, 9.17) is 0 Å². The van der Waals surface area contributed by atoms with Gasteiger partial charge in [0.15, 0.2) is 0 Å². The Hall–Kier alpha value is -1.43. The molecule has 110 valence electrons. The van der Waals surface area contributed by atoms with E-state index in [1.807, 2.05) is 13.8 Å². The molecule has 0 saturated heterocycles. The second-order valence-electron chi connectivity index (χ2n) is 4.20. The van der Waals surface area contributed by atoms with Crippen molar-refractivity contribution in [1.82, 2.24) is 10.2 Å². The Bertz CT molecular complexity index is 490. The van der Waals surface area contributed by atoms with E-state index in [0.717, 1.165) is 0 Å². The summed E-state index contributed by atoms with van der Waals surface area (Å²) in [6.07, 6.45) is 0.214. The van der Waals surface area contributed by atoms with Crippen LogP contribution in [-0.4, -0.2) is 36.3 Å². The van der Waals surface area contributed by atoms with Gasteiger partial charge in [-0.2, -0.15) is 0 Å². The van der Waals surface area contributed by atoms with Crippen LogP contribution in [0.1, 0.15) is 30.6 Å². The lowest BCUT2D eigenvalue weighted by atomic mass is 10.2. The zero-order chi connectivity index (χ0) is 15.1. The topological polar surface area (TPSA) is 49.4 Å². The minimum atomic E-state index is -0.591. The van der Waals surface area contributed by atoms with Gasteiger partial charge in [0.25, 0.3) is 5.91 Å². The molecule has 0 fully saturated rings. The number of hydrogen-bond acceptors (Lipinski definition) is 2.